The van der Waals surface area contributed by atoms with Crippen LogP contribution in [0.1, 0.15) is 33.5 Å². The van der Waals surface area contributed by atoms with Crippen LogP contribution in [0.15, 0.2) is 59.6 Å². The highest BCUT2D eigenvalue weighted by molar-refractivity contribution is 7.90. The van der Waals surface area contributed by atoms with Gasteiger partial charge in [0.1, 0.15) is 0 Å². The van der Waals surface area contributed by atoms with Crippen molar-refractivity contribution in [1.82, 2.24) is 19.9 Å². The van der Waals surface area contributed by atoms with Gasteiger partial charge < -0.3 is 24.5 Å². The Morgan fingerprint density at radius 2 is 1.90 bits per heavy atom. The second-order valence-electron chi connectivity index (χ2n) is 9.03. The zero-order valence-electron chi connectivity index (χ0n) is 20.8. The molecule has 1 atom stereocenters. The molecule has 16 heteroatoms. The number of benzene rings is 2. The third-order valence-electron chi connectivity index (χ3n) is 6.13. The minimum atomic E-state index is -4.94. The Labute approximate surface area is 228 Å². The van der Waals surface area contributed by atoms with Crippen LogP contribution in [0.3, 0.4) is 0 Å². The topological polar surface area (TPSA) is 133 Å². The number of aliphatic hydroxyl groups excluding tert-OH is 1. The summed E-state index contributed by atoms with van der Waals surface area (Å²) < 4.78 is 102. The number of nitrogens with zero attached hydrogens (tertiary/aromatic N) is 3. The largest absolute Gasteiger partial charge is 0.586 e. The molecule has 4 aromatic rings. The molecule has 0 fully saturated rings. The summed E-state index contributed by atoms with van der Waals surface area (Å²) in [5.41, 5.74) is -0.235. The average Bonchev–Trinajstić information content (AvgIpc) is 3.43. The zero-order chi connectivity index (χ0) is 29.7. The number of carbonyl (C=O) groups excluding carboxylic acids is 1. The van der Waals surface area contributed by atoms with Gasteiger partial charge in [-0.2, -0.15) is 13.2 Å². The van der Waals surface area contributed by atoms with Crippen molar-refractivity contribution in [2.24, 2.45) is 0 Å². The molecule has 5 rings (SSSR count). The fourth-order valence-corrected chi connectivity index (χ4v) is 4.80. The van der Waals surface area contributed by atoms with E-state index in [0.29, 0.717) is 0 Å². The number of hydrogen-bond donors (Lipinski definition) is 2. The summed E-state index contributed by atoms with van der Waals surface area (Å²) >= 11 is 0. The van der Waals surface area contributed by atoms with Gasteiger partial charge in [0.25, 0.3) is 5.91 Å². The fraction of sp³-hybridized carbons (Fsp3) is 0.240. The van der Waals surface area contributed by atoms with Gasteiger partial charge in [-0.05, 0) is 36.4 Å². The van der Waals surface area contributed by atoms with Crippen LogP contribution >= 0.6 is 0 Å². The molecule has 1 amide bonds. The molecule has 0 saturated heterocycles. The van der Waals surface area contributed by atoms with Crippen LogP contribution in [0.4, 0.5) is 22.0 Å². The lowest BCUT2D eigenvalue weighted by molar-refractivity contribution is -0.287. The average molecular weight is 599 g/mol. The minimum Gasteiger partial charge on any atom is -0.395 e. The number of ether oxygens (including phenoxy) is 2. The number of hydrogen-bond acceptors (Lipinski definition) is 8. The quantitative estimate of drug-likeness (QED) is 0.308. The minimum absolute atomic E-state index is 0.0218. The second kappa shape index (κ2) is 9.95. The number of aromatic nitrogens is 3. The molecule has 2 aromatic heterocycles. The van der Waals surface area contributed by atoms with E-state index in [-0.39, 0.29) is 38.5 Å². The summed E-state index contributed by atoms with van der Waals surface area (Å²) in [5.74, 6) is -2.85. The maximum atomic E-state index is 13.9. The number of para-hydroxylation sites is 1. The van der Waals surface area contributed by atoms with Crippen molar-refractivity contribution in [2.45, 2.75) is 30.0 Å². The van der Waals surface area contributed by atoms with Crippen LogP contribution in [0, 0.1) is 0 Å². The summed E-state index contributed by atoms with van der Waals surface area (Å²) in [5, 5.41) is 12.3. The highest BCUT2D eigenvalue weighted by Gasteiger charge is 2.45. The second-order valence-corrected chi connectivity index (χ2v) is 11.0. The first-order chi connectivity index (χ1) is 19.2. The Morgan fingerprint density at radius 1 is 1.15 bits per heavy atom. The van der Waals surface area contributed by atoms with Crippen LogP contribution in [-0.4, -0.2) is 53.1 Å². The number of amides is 1. The summed E-state index contributed by atoms with van der Waals surface area (Å²) in [6, 6.07) is 8.88. The Balaban J connectivity index is 1.45. The first-order valence-electron chi connectivity index (χ1n) is 11.7. The SMILES string of the molecule is CS(=O)(=O)c1ccc([C@H](CO)NC(=O)c2ccc3c(c2)nc(C(F)(F)F)n3Cc2cccc3c2OC(F)(F)O3)nc1. The molecule has 1 aliphatic heterocycles. The number of imidazole rings is 1. The van der Waals surface area contributed by atoms with E-state index in [1.165, 1.54) is 42.5 Å². The van der Waals surface area contributed by atoms with E-state index >= 15 is 0 Å². The van der Waals surface area contributed by atoms with Crippen molar-refractivity contribution in [2.75, 3.05) is 12.9 Å². The molecule has 2 N–H and O–H groups in total. The van der Waals surface area contributed by atoms with Gasteiger partial charge in [-0.25, -0.2) is 13.4 Å². The van der Waals surface area contributed by atoms with E-state index in [1.807, 2.05) is 0 Å². The summed E-state index contributed by atoms with van der Waals surface area (Å²) in [6.45, 7) is -1.17. The number of sulfone groups is 1. The molecule has 0 unspecified atom stereocenters. The molecule has 1 aliphatic rings. The summed E-state index contributed by atoms with van der Waals surface area (Å²) in [4.78, 5) is 20.5. The van der Waals surface area contributed by atoms with Crippen molar-refractivity contribution in [3.05, 3.63) is 77.4 Å². The Kier molecular flexibility index (Phi) is 6.85. The normalized spacial score (nSPS) is 15.2. The lowest BCUT2D eigenvalue weighted by Gasteiger charge is -2.16. The Morgan fingerprint density at radius 3 is 2.54 bits per heavy atom. The van der Waals surface area contributed by atoms with Crippen LogP contribution in [-0.2, 0) is 22.6 Å². The van der Waals surface area contributed by atoms with Gasteiger partial charge >= 0.3 is 12.5 Å². The van der Waals surface area contributed by atoms with E-state index in [9.17, 15) is 40.3 Å². The third-order valence-corrected chi connectivity index (χ3v) is 7.23. The van der Waals surface area contributed by atoms with Gasteiger partial charge in [0.15, 0.2) is 21.3 Å². The molecular formula is C25H19F5N4O6S. The number of rotatable bonds is 7. The van der Waals surface area contributed by atoms with Gasteiger partial charge in [0.2, 0.25) is 5.82 Å². The zero-order valence-corrected chi connectivity index (χ0v) is 21.6. The lowest BCUT2D eigenvalue weighted by atomic mass is 10.1. The van der Waals surface area contributed by atoms with Gasteiger partial charge in [-0.3, -0.25) is 9.78 Å². The van der Waals surface area contributed by atoms with Crippen molar-refractivity contribution in [1.29, 1.82) is 0 Å². The van der Waals surface area contributed by atoms with Gasteiger partial charge in [0, 0.05) is 23.6 Å². The number of carbonyl (C=O) groups is 1. The molecule has 0 bridgehead atoms. The van der Waals surface area contributed by atoms with Gasteiger partial charge in [-0.15, -0.1) is 8.78 Å². The number of fused-ring (bicyclic) bond motifs is 2. The maximum absolute atomic E-state index is 13.9. The van der Waals surface area contributed by atoms with Crippen LogP contribution < -0.4 is 14.8 Å². The molecule has 0 aliphatic carbocycles. The number of alkyl halides is 5. The molecule has 0 spiro atoms. The smallest absolute Gasteiger partial charge is 0.395 e. The van der Waals surface area contributed by atoms with E-state index < -0.39 is 59.0 Å². The highest BCUT2D eigenvalue weighted by Crippen LogP contribution is 2.44. The van der Waals surface area contributed by atoms with Crippen LogP contribution in [0.25, 0.3) is 11.0 Å². The van der Waals surface area contributed by atoms with Crippen molar-refractivity contribution >= 4 is 26.8 Å². The number of halogens is 5. The first-order valence-corrected chi connectivity index (χ1v) is 13.6. The van der Waals surface area contributed by atoms with Crippen LogP contribution in [0.2, 0.25) is 0 Å². The monoisotopic (exact) mass is 598 g/mol. The predicted molar refractivity (Wildman–Crippen MR) is 131 cm³/mol. The lowest BCUT2D eigenvalue weighted by Crippen LogP contribution is -2.31. The van der Waals surface area contributed by atoms with E-state index in [0.717, 1.165) is 23.1 Å². The third kappa shape index (κ3) is 5.65. The summed E-state index contributed by atoms with van der Waals surface area (Å²) in [6.07, 6.45) is -6.85. The highest BCUT2D eigenvalue weighted by atomic mass is 32.2. The molecule has 3 heterocycles. The maximum Gasteiger partial charge on any atom is 0.586 e. The first kappa shape index (κ1) is 28.2. The van der Waals surface area contributed by atoms with Gasteiger partial charge in [-0.1, -0.05) is 12.1 Å². The van der Waals surface area contributed by atoms with E-state index in [4.69, 9.17) is 0 Å². The Bertz CT molecular complexity index is 1760. The van der Waals surface area contributed by atoms with E-state index in [1.54, 1.807) is 0 Å². The number of pyridine rings is 1. The molecule has 2 aromatic carbocycles. The number of nitrogens with one attached hydrogen (secondary N) is 1. The van der Waals surface area contributed by atoms with Crippen molar-refractivity contribution in [3.63, 3.8) is 0 Å². The molecule has 10 nitrogen and oxygen atoms in total. The Hall–Kier alpha value is -4.31. The predicted octanol–water partition coefficient (Wildman–Crippen LogP) is 3.69. The molecule has 0 saturated carbocycles. The fourth-order valence-electron chi connectivity index (χ4n) is 4.24. The molecular weight excluding hydrogens is 579 g/mol. The van der Waals surface area contributed by atoms with Crippen molar-refractivity contribution < 1.29 is 49.7 Å². The van der Waals surface area contributed by atoms with Crippen LogP contribution in [0.5, 0.6) is 11.5 Å². The number of aliphatic hydroxyl groups is 1. The summed E-state index contributed by atoms with van der Waals surface area (Å²) in [7, 11) is -3.53. The standard InChI is InChI=1S/C25H19F5N4O6S/c1-41(37,38)15-6-7-16(31-10-15)18(12-35)32-22(36)13-5-8-19-17(9-13)33-23(24(26,27)28)34(19)11-14-3-2-4-20-21(14)40-25(29,30)39-20/h2-10,18,35H,11-12H2,1H3,(H,32,36)/t18-/m0/s1. The molecule has 0 radical (unpaired) electrons. The molecule has 216 valence electrons. The van der Waals surface area contributed by atoms with E-state index in [2.05, 4.69) is 24.8 Å². The van der Waals surface area contributed by atoms with Crippen molar-refractivity contribution in [3.8, 4) is 11.5 Å². The van der Waals surface area contributed by atoms with Gasteiger partial charge in [0.05, 0.1) is 40.8 Å². The molecule has 41 heavy (non-hydrogen) atoms.